The first-order valence-corrected chi connectivity index (χ1v) is 18.2. The number of benzene rings is 7. The average Bonchev–Trinajstić information content (AvgIpc) is 3.21. The molecule has 0 saturated carbocycles. The van der Waals surface area contributed by atoms with Crippen LogP contribution < -0.4 is 0 Å². The minimum atomic E-state index is -0.115. The summed E-state index contributed by atoms with van der Waals surface area (Å²) < 4.78 is 0. The van der Waals surface area contributed by atoms with Crippen molar-refractivity contribution in [3.05, 3.63) is 211 Å². The van der Waals surface area contributed by atoms with Crippen LogP contribution in [0.15, 0.2) is 200 Å². The molecule has 2 atom stereocenters. The molecule has 0 spiro atoms. The molecule has 9 rings (SSSR count). The standard InChI is InChI=1S/C51H40/c1-51(34-42(36-16-6-2-7-17-36)32-43(35-51)37-18-8-3-9-19-37)44-29-26-38(27-30-44)41-28-31-47-48(33-41)50(40-22-12-5-13-23-40)46-25-15-14-24-45(46)49(47)39-20-10-4-11-21-39/h2-18,20-34,37H,19,35H2,1H3. The Morgan fingerprint density at radius 1 is 0.490 bits per heavy atom. The minimum Gasteiger partial charge on any atom is -0.0836 e. The van der Waals surface area contributed by atoms with Crippen LogP contribution in [0.5, 0.6) is 0 Å². The first-order valence-electron chi connectivity index (χ1n) is 18.2. The van der Waals surface area contributed by atoms with Gasteiger partial charge in [-0.15, -0.1) is 0 Å². The molecular formula is C51H40. The third kappa shape index (κ3) is 5.77. The molecule has 2 aliphatic rings. The fourth-order valence-electron chi connectivity index (χ4n) is 8.42. The van der Waals surface area contributed by atoms with Crippen LogP contribution in [0.2, 0.25) is 0 Å². The first kappa shape index (κ1) is 31.0. The number of fused-ring (bicyclic) bond motifs is 2. The lowest BCUT2D eigenvalue weighted by Gasteiger charge is -2.35. The van der Waals surface area contributed by atoms with Crippen LogP contribution in [0.3, 0.4) is 0 Å². The third-order valence-corrected chi connectivity index (χ3v) is 11.0. The second-order valence-electron chi connectivity index (χ2n) is 14.3. The molecule has 2 unspecified atom stereocenters. The van der Waals surface area contributed by atoms with Crippen LogP contribution in [0, 0.1) is 5.92 Å². The van der Waals surface area contributed by atoms with E-state index >= 15 is 0 Å². The molecular weight excluding hydrogens is 613 g/mol. The highest BCUT2D eigenvalue weighted by atomic mass is 14.4. The summed E-state index contributed by atoms with van der Waals surface area (Å²) in [7, 11) is 0. The van der Waals surface area contributed by atoms with Gasteiger partial charge in [-0.2, -0.15) is 0 Å². The van der Waals surface area contributed by atoms with E-state index in [-0.39, 0.29) is 5.41 Å². The van der Waals surface area contributed by atoms with Crippen LogP contribution in [-0.2, 0) is 5.41 Å². The van der Waals surface area contributed by atoms with Crippen molar-refractivity contribution in [2.75, 3.05) is 0 Å². The van der Waals surface area contributed by atoms with Crippen molar-refractivity contribution in [3.63, 3.8) is 0 Å². The molecule has 0 aromatic heterocycles. The van der Waals surface area contributed by atoms with Gasteiger partial charge in [0.05, 0.1) is 0 Å². The van der Waals surface area contributed by atoms with E-state index in [2.05, 4.69) is 201 Å². The van der Waals surface area contributed by atoms with Gasteiger partial charge in [-0.1, -0.05) is 201 Å². The summed E-state index contributed by atoms with van der Waals surface area (Å²) >= 11 is 0. The Morgan fingerprint density at radius 2 is 1.04 bits per heavy atom. The molecule has 7 aromatic carbocycles. The lowest BCUT2D eigenvalue weighted by molar-refractivity contribution is 0.545. The van der Waals surface area contributed by atoms with Gasteiger partial charge in [0, 0.05) is 11.3 Å². The van der Waals surface area contributed by atoms with Crippen molar-refractivity contribution in [1.29, 1.82) is 0 Å². The minimum absolute atomic E-state index is 0.115. The molecule has 0 saturated heterocycles. The average molecular weight is 653 g/mol. The number of hydrogen-bond acceptors (Lipinski definition) is 0. The van der Waals surface area contributed by atoms with Gasteiger partial charge in [-0.25, -0.2) is 0 Å². The van der Waals surface area contributed by atoms with Crippen LogP contribution in [-0.4, -0.2) is 0 Å². The predicted octanol–water partition coefficient (Wildman–Crippen LogP) is 13.8. The van der Waals surface area contributed by atoms with E-state index in [0.29, 0.717) is 5.92 Å². The molecule has 0 N–H and O–H groups in total. The van der Waals surface area contributed by atoms with Gasteiger partial charge in [0.15, 0.2) is 0 Å². The molecule has 0 radical (unpaired) electrons. The lowest BCUT2D eigenvalue weighted by atomic mass is 9.69. The van der Waals surface area contributed by atoms with E-state index in [1.54, 1.807) is 0 Å². The smallest absolute Gasteiger partial charge is 0.0150 e. The zero-order valence-corrected chi connectivity index (χ0v) is 29.0. The van der Waals surface area contributed by atoms with E-state index in [4.69, 9.17) is 0 Å². The summed E-state index contributed by atoms with van der Waals surface area (Å²) in [6.07, 6.45) is 16.1. The molecule has 0 nitrogen and oxygen atoms in total. The summed E-state index contributed by atoms with van der Waals surface area (Å²) in [4.78, 5) is 0. The normalized spacial score (nSPS) is 18.5. The maximum Gasteiger partial charge on any atom is 0.0150 e. The topological polar surface area (TPSA) is 0 Å². The maximum absolute atomic E-state index is 2.50. The highest BCUT2D eigenvalue weighted by Gasteiger charge is 2.32. The van der Waals surface area contributed by atoms with E-state index in [9.17, 15) is 0 Å². The van der Waals surface area contributed by atoms with Gasteiger partial charge in [-0.05, 0) is 90.5 Å². The summed E-state index contributed by atoms with van der Waals surface area (Å²) in [5.74, 6) is 0.439. The predicted molar refractivity (Wildman–Crippen MR) is 219 cm³/mol. The fraction of sp³-hybridized carbons (Fsp3) is 0.0980. The molecule has 244 valence electrons. The zero-order chi connectivity index (χ0) is 34.2. The monoisotopic (exact) mass is 652 g/mol. The molecule has 0 amide bonds. The molecule has 0 bridgehead atoms. The van der Waals surface area contributed by atoms with E-state index in [1.165, 1.54) is 77.2 Å². The fourth-order valence-corrected chi connectivity index (χ4v) is 8.42. The second-order valence-corrected chi connectivity index (χ2v) is 14.3. The number of allylic oxidation sites excluding steroid dienone is 8. The molecule has 0 heteroatoms. The van der Waals surface area contributed by atoms with Crippen LogP contribution in [0.1, 0.15) is 30.9 Å². The second kappa shape index (κ2) is 13.0. The molecule has 0 fully saturated rings. The summed E-state index contributed by atoms with van der Waals surface area (Å²) in [6, 6.07) is 58.0. The van der Waals surface area contributed by atoms with Gasteiger partial charge >= 0.3 is 0 Å². The van der Waals surface area contributed by atoms with Crippen molar-refractivity contribution in [3.8, 4) is 33.4 Å². The Kier molecular flexibility index (Phi) is 7.94. The van der Waals surface area contributed by atoms with E-state index in [1.807, 2.05) is 0 Å². The first-order chi connectivity index (χ1) is 25.1. The SMILES string of the molecule is CC1(c2ccc(-c3ccc4c(-c5ccccc5)c5ccccc5c(-c5ccccc5)c4c3)cc2)C=C(c2ccccc2)C=C(C2C=CC=CC2)C1. The maximum atomic E-state index is 2.50. The largest absolute Gasteiger partial charge is 0.0836 e. The third-order valence-electron chi connectivity index (χ3n) is 11.0. The van der Waals surface area contributed by atoms with Crippen LogP contribution in [0.25, 0.3) is 60.5 Å². The van der Waals surface area contributed by atoms with Gasteiger partial charge in [0.1, 0.15) is 0 Å². The van der Waals surface area contributed by atoms with Gasteiger partial charge in [0.2, 0.25) is 0 Å². The Bertz CT molecular complexity index is 2490. The van der Waals surface area contributed by atoms with Crippen LogP contribution in [0.4, 0.5) is 0 Å². The van der Waals surface area contributed by atoms with Crippen molar-refractivity contribution in [2.45, 2.75) is 25.2 Å². The highest BCUT2D eigenvalue weighted by molar-refractivity contribution is 6.21. The van der Waals surface area contributed by atoms with Crippen LogP contribution >= 0.6 is 0 Å². The molecule has 0 heterocycles. The summed E-state index contributed by atoms with van der Waals surface area (Å²) in [6.45, 7) is 2.42. The highest BCUT2D eigenvalue weighted by Crippen LogP contribution is 2.46. The summed E-state index contributed by atoms with van der Waals surface area (Å²) in [5.41, 5.74) is 12.9. The van der Waals surface area contributed by atoms with Crippen molar-refractivity contribution in [2.24, 2.45) is 5.92 Å². The van der Waals surface area contributed by atoms with Gasteiger partial charge < -0.3 is 0 Å². The van der Waals surface area contributed by atoms with Gasteiger partial charge in [0.25, 0.3) is 0 Å². The summed E-state index contributed by atoms with van der Waals surface area (Å²) in [5, 5.41) is 5.11. The molecule has 2 aliphatic carbocycles. The number of rotatable bonds is 6. The Labute approximate surface area is 301 Å². The molecule has 0 aliphatic heterocycles. The van der Waals surface area contributed by atoms with Gasteiger partial charge in [-0.3, -0.25) is 0 Å². The van der Waals surface area contributed by atoms with Crippen molar-refractivity contribution >= 4 is 27.1 Å². The quantitative estimate of drug-likeness (QED) is 0.157. The Morgan fingerprint density at radius 3 is 1.65 bits per heavy atom. The van der Waals surface area contributed by atoms with E-state index in [0.717, 1.165) is 12.8 Å². The Hall–Kier alpha value is -5.98. The lowest BCUT2D eigenvalue weighted by Crippen LogP contribution is -2.25. The van der Waals surface area contributed by atoms with Crippen molar-refractivity contribution in [1.82, 2.24) is 0 Å². The Balaban J connectivity index is 1.16. The molecule has 7 aromatic rings. The number of hydrogen-bond donors (Lipinski definition) is 0. The zero-order valence-electron chi connectivity index (χ0n) is 29.0. The van der Waals surface area contributed by atoms with Crippen molar-refractivity contribution < 1.29 is 0 Å². The molecule has 51 heavy (non-hydrogen) atoms. The van der Waals surface area contributed by atoms with E-state index < -0.39 is 0 Å².